The summed E-state index contributed by atoms with van der Waals surface area (Å²) in [5.41, 5.74) is 0. The van der Waals surface area contributed by atoms with Crippen LogP contribution in [0.1, 0.15) is 12.7 Å². The van der Waals surface area contributed by atoms with Crippen molar-refractivity contribution in [3.63, 3.8) is 0 Å². The molecule has 0 unspecified atom stereocenters. The van der Waals surface area contributed by atoms with Gasteiger partial charge in [0.1, 0.15) is 5.82 Å². The molecule has 0 saturated heterocycles. The summed E-state index contributed by atoms with van der Waals surface area (Å²) in [7, 11) is 0. The minimum absolute atomic E-state index is 0. The Hall–Kier alpha value is -1.84. The van der Waals surface area contributed by atoms with Crippen molar-refractivity contribution in [1.82, 2.24) is 25.8 Å². The molecule has 0 bridgehead atoms. The highest BCUT2D eigenvalue weighted by Crippen LogP contribution is 2.14. The van der Waals surface area contributed by atoms with Gasteiger partial charge in [-0.3, -0.25) is 10.1 Å². The highest BCUT2D eigenvalue weighted by molar-refractivity contribution is 14.0. The van der Waals surface area contributed by atoms with Crippen molar-refractivity contribution in [1.29, 1.82) is 0 Å². The number of H-pyrrole nitrogens is 1. The topological polar surface area (TPSA) is 91.1 Å². The number of aromatic nitrogens is 3. The Morgan fingerprint density at radius 3 is 3.05 bits per heavy atom. The average Bonchev–Trinajstić information content (AvgIpc) is 3.15. The van der Waals surface area contributed by atoms with E-state index >= 15 is 0 Å². The summed E-state index contributed by atoms with van der Waals surface area (Å²) in [4.78, 5) is 8.82. The van der Waals surface area contributed by atoms with Crippen LogP contribution < -0.4 is 10.6 Å². The Labute approximate surface area is 146 Å². The standard InChI is InChI=1S/C14H20N6O.HI/c1-3-8-16-14(15-4-2)17-9-7-12-18-13(20-19-12)11-6-5-10-21-11;/h3,5-6,10H,1,4,7-9H2,2H3,(H2,15,16,17)(H,18,19,20);1H. The van der Waals surface area contributed by atoms with Crippen LogP contribution >= 0.6 is 24.0 Å². The number of hydrogen-bond acceptors (Lipinski definition) is 4. The number of furan rings is 1. The third kappa shape index (κ3) is 5.51. The van der Waals surface area contributed by atoms with Crippen LogP contribution in [-0.2, 0) is 6.42 Å². The summed E-state index contributed by atoms with van der Waals surface area (Å²) in [6.45, 7) is 7.80. The van der Waals surface area contributed by atoms with E-state index in [1.54, 1.807) is 12.3 Å². The van der Waals surface area contributed by atoms with Crippen LogP contribution in [0.3, 0.4) is 0 Å². The number of aliphatic imine (C=N–C) groups is 1. The fourth-order valence-corrected chi connectivity index (χ4v) is 1.71. The molecular weight excluding hydrogens is 395 g/mol. The first kappa shape index (κ1) is 18.2. The third-order valence-corrected chi connectivity index (χ3v) is 2.65. The lowest BCUT2D eigenvalue weighted by atomic mass is 10.4. The Morgan fingerprint density at radius 2 is 2.36 bits per heavy atom. The predicted octanol–water partition coefficient (Wildman–Crippen LogP) is 1.97. The normalized spacial score (nSPS) is 10.9. The smallest absolute Gasteiger partial charge is 0.216 e. The van der Waals surface area contributed by atoms with Gasteiger partial charge in [0, 0.05) is 26.1 Å². The van der Waals surface area contributed by atoms with Crippen molar-refractivity contribution in [3.05, 3.63) is 36.9 Å². The number of nitrogens with zero attached hydrogens (tertiary/aromatic N) is 3. The summed E-state index contributed by atoms with van der Waals surface area (Å²) >= 11 is 0. The van der Waals surface area contributed by atoms with E-state index in [0.29, 0.717) is 31.1 Å². The maximum absolute atomic E-state index is 5.25. The molecule has 0 radical (unpaired) electrons. The molecule has 7 nitrogen and oxygen atoms in total. The van der Waals surface area contributed by atoms with Crippen LogP contribution in [0.2, 0.25) is 0 Å². The lowest BCUT2D eigenvalue weighted by Gasteiger charge is -2.08. The quantitative estimate of drug-likeness (QED) is 0.278. The van der Waals surface area contributed by atoms with Crippen LogP contribution in [0, 0.1) is 0 Å². The van der Waals surface area contributed by atoms with E-state index in [1.165, 1.54) is 0 Å². The molecule has 0 spiro atoms. The first-order valence-electron chi connectivity index (χ1n) is 6.91. The zero-order chi connectivity index (χ0) is 14.9. The summed E-state index contributed by atoms with van der Waals surface area (Å²) in [5, 5.41) is 13.3. The molecule has 120 valence electrons. The fourth-order valence-electron chi connectivity index (χ4n) is 1.71. The molecule has 22 heavy (non-hydrogen) atoms. The number of guanidine groups is 1. The average molecular weight is 416 g/mol. The van der Waals surface area contributed by atoms with Gasteiger partial charge in [-0.05, 0) is 19.1 Å². The van der Waals surface area contributed by atoms with Crippen LogP contribution in [-0.4, -0.2) is 40.8 Å². The minimum atomic E-state index is 0. The lowest BCUT2D eigenvalue weighted by molar-refractivity contribution is 0.577. The zero-order valence-corrected chi connectivity index (χ0v) is 14.8. The van der Waals surface area contributed by atoms with Gasteiger partial charge < -0.3 is 15.1 Å². The van der Waals surface area contributed by atoms with E-state index in [1.807, 2.05) is 19.1 Å². The molecule has 3 N–H and O–H groups in total. The highest BCUT2D eigenvalue weighted by Gasteiger charge is 2.07. The molecule has 0 atom stereocenters. The van der Waals surface area contributed by atoms with Crippen LogP contribution in [0.25, 0.3) is 11.6 Å². The minimum Gasteiger partial charge on any atom is -0.461 e. The zero-order valence-electron chi connectivity index (χ0n) is 12.5. The Balaban J connectivity index is 0.00000242. The van der Waals surface area contributed by atoms with E-state index in [9.17, 15) is 0 Å². The Kier molecular flexibility index (Phi) is 8.26. The van der Waals surface area contributed by atoms with Gasteiger partial charge in [0.05, 0.1) is 6.26 Å². The second kappa shape index (κ2) is 9.98. The molecule has 0 saturated carbocycles. The van der Waals surface area contributed by atoms with Gasteiger partial charge in [-0.25, -0.2) is 4.98 Å². The molecule has 2 heterocycles. The number of rotatable bonds is 7. The van der Waals surface area contributed by atoms with Gasteiger partial charge in [-0.2, -0.15) is 5.10 Å². The lowest BCUT2D eigenvalue weighted by Crippen LogP contribution is -2.37. The Morgan fingerprint density at radius 1 is 1.50 bits per heavy atom. The first-order valence-corrected chi connectivity index (χ1v) is 6.91. The number of halogens is 1. The van der Waals surface area contributed by atoms with Crippen molar-refractivity contribution in [3.8, 4) is 11.6 Å². The van der Waals surface area contributed by atoms with E-state index in [0.717, 1.165) is 18.3 Å². The van der Waals surface area contributed by atoms with Gasteiger partial charge in [-0.15, -0.1) is 30.6 Å². The fraction of sp³-hybridized carbons (Fsp3) is 0.357. The summed E-state index contributed by atoms with van der Waals surface area (Å²) in [5.74, 6) is 2.77. The third-order valence-electron chi connectivity index (χ3n) is 2.65. The van der Waals surface area contributed by atoms with Gasteiger partial charge in [0.15, 0.2) is 11.7 Å². The second-order valence-electron chi connectivity index (χ2n) is 4.26. The van der Waals surface area contributed by atoms with Gasteiger partial charge in [0.2, 0.25) is 5.82 Å². The molecule has 0 aliphatic rings. The summed E-state index contributed by atoms with van der Waals surface area (Å²) < 4.78 is 5.25. The molecule has 0 aliphatic carbocycles. The Bertz CT molecular complexity index is 578. The molecule has 2 rings (SSSR count). The highest BCUT2D eigenvalue weighted by atomic mass is 127. The molecular formula is C14H21IN6O. The van der Waals surface area contributed by atoms with Crippen LogP contribution in [0.4, 0.5) is 0 Å². The maximum atomic E-state index is 5.25. The van der Waals surface area contributed by atoms with Gasteiger partial charge in [-0.1, -0.05) is 6.08 Å². The van der Waals surface area contributed by atoms with Crippen molar-refractivity contribution < 1.29 is 4.42 Å². The molecule has 0 aliphatic heterocycles. The van der Waals surface area contributed by atoms with Crippen LogP contribution in [0.5, 0.6) is 0 Å². The molecule has 0 aromatic carbocycles. The van der Waals surface area contributed by atoms with Crippen molar-refractivity contribution in [2.24, 2.45) is 4.99 Å². The van der Waals surface area contributed by atoms with Crippen LogP contribution in [0.15, 0.2) is 40.5 Å². The predicted molar refractivity (Wildman–Crippen MR) is 97.4 cm³/mol. The van der Waals surface area contributed by atoms with Crippen molar-refractivity contribution >= 4 is 29.9 Å². The number of nitrogens with one attached hydrogen (secondary N) is 3. The largest absolute Gasteiger partial charge is 0.461 e. The van der Waals surface area contributed by atoms with E-state index in [2.05, 4.69) is 37.4 Å². The van der Waals surface area contributed by atoms with E-state index in [-0.39, 0.29) is 24.0 Å². The molecule has 8 heteroatoms. The van der Waals surface area contributed by atoms with Gasteiger partial charge >= 0.3 is 0 Å². The van der Waals surface area contributed by atoms with E-state index < -0.39 is 0 Å². The monoisotopic (exact) mass is 416 g/mol. The van der Waals surface area contributed by atoms with Crippen molar-refractivity contribution in [2.75, 3.05) is 19.6 Å². The second-order valence-corrected chi connectivity index (χ2v) is 4.26. The SMILES string of the molecule is C=CCNC(=NCCc1nc(-c2ccco2)n[nH]1)NCC.I. The van der Waals surface area contributed by atoms with Gasteiger partial charge in [0.25, 0.3) is 0 Å². The number of aromatic amines is 1. The summed E-state index contributed by atoms with van der Waals surface area (Å²) in [6.07, 6.45) is 4.07. The molecule has 0 amide bonds. The van der Waals surface area contributed by atoms with Crippen molar-refractivity contribution in [2.45, 2.75) is 13.3 Å². The molecule has 0 fully saturated rings. The maximum Gasteiger partial charge on any atom is 0.216 e. The number of hydrogen-bond donors (Lipinski definition) is 3. The summed E-state index contributed by atoms with van der Waals surface area (Å²) in [6, 6.07) is 3.64. The first-order chi connectivity index (χ1) is 10.3. The molecule has 2 aromatic rings. The van der Waals surface area contributed by atoms with E-state index in [4.69, 9.17) is 4.42 Å². The molecule has 2 aromatic heterocycles.